The van der Waals surface area contributed by atoms with E-state index in [1.807, 2.05) is 99.6 Å². The van der Waals surface area contributed by atoms with Crippen molar-refractivity contribution in [1.29, 1.82) is 5.26 Å². The largest absolute Gasteiger partial charge is 0.460 e. The second-order valence-corrected chi connectivity index (χ2v) is 38.1. The summed E-state index contributed by atoms with van der Waals surface area (Å²) in [6.45, 7) is 23.6. The molecule has 26 heteroatoms. The summed E-state index contributed by atoms with van der Waals surface area (Å²) in [6.07, 6.45) is 7.57. The quantitative estimate of drug-likeness (QED) is 0.0176. The number of amides is 2. The van der Waals surface area contributed by atoms with Crippen LogP contribution in [0.25, 0.3) is 0 Å². The average molecular weight is 1720 g/mol. The van der Waals surface area contributed by atoms with Crippen LogP contribution in [-0.2, 0) is 60.9 Å². The molecule has 0 radical (unpaired) electrons. The van der Waals surface area contributed by atoms with Crippen LogP contribution in [0.3, 0.4) is 0 Å². The number of rotatable bonds is 18. The zero-order valence-electron chi connectivity index (χ0n) is 58.0. The molecule has 4 saturated carbocycles. The SMILES string of the molecule is C/C(Cl)=C/[C@H]1[C@@H](C(=O)OCc2c(F)c(C)c(C)c(F)c2F)C1(C)C.CC(C)=CC1C(C(=O)OCN2C(=O)C3=C(CCCC3)C2=O)C1(C)C.CC1(C)[C@H](C(=O)OC(C#N)c2cccc(Oc3ccccc3)c2)[C@@H]1C(Br)C(Br)(Br)Br.Cc1cc(F)c(F)c(COC(=O)[C@@H]2[C@@H](C=C(Cl)Cl)C2(C)C)c1F. The summed E-state index contributed by atoms with van der Waals surface area (Å²) >= 11 is 31.2. The summed E-state index contributed by atoms with van der Waals surface area (Å²) in [5.74, 6) is -9.60. The van der Waals surface area contributed by atoms with Crippen molar-refractivity contribution in [1.82, 2.24) is 4.90 Å². The predicted octanol–water partition coefficient (Wildman–Crippen LogP) is 20.7. The molecule has 6 aliphatic rings. The van der Waals surface area contributed by atoms with E-state index in [0.29, 0.717) is 46.1 Å². The molecule has 101 heavy (non-hydrogen) atoms. The van der Waals surface area contributed by atoms with Gasteiger partial charge in [-0.15, -0.1) is 0 Å². The van der Waals surface area contributed by atoms with Gasteiger partial charge < -0.3 is 23.7 Å². The van der Waals surface area contributed by atoms with Crippen molar-refractivity contribution in [2.24, 2.45) is 69.0 Å². The van der Waals surface area contributed by atoms with E-state index in [1.54, 1.807) is 37.3 Å². The number of allylic oxidation sites excluding steroid dienone is 5. The van der Waals surface area contributed by atoms with Crippen LogP contribution < -0.4 is 4.74 Å². The molecule has 0 aromatic heterocycles. The van der Waals surface area contributed by atoms with Crippen LogP contribution in [0.4, 0.5) is 26.3 Å². The van der Waals surface area contributed by atoms with Gasteiger partial charge in [0.2, 0.25) is 6.10 Å². The zero-order chi connectivity index (χ0) is 75.7. The standard InChI is InChI=1S/C22H19Br4NO3.C19H25NO4.C18H20ClF3O2.C16H15Cl2F3O2/c1-21(2)17(19(23)22(24,25)26)18(21)20(28)30-16(12-27)13-7-6-10-15(11-13)29-14-8-4-3-5-9-14;1-11(2)9-14-15(19(14,3)4)18(23)24-10-20-16(21)12-7-5-6-8-13(12)17(20)22;1-8(19)6-12-13(18(12,4)5)17(23)24-7-11-14(20)9(2)10(3)15(21)16(11)22;1-7-4-10(19)14(21)8(13(7)20)6-23-15(22)12-9(5-11(17)18)16(12,2)3/h3-11,16-19H,1-2H3;9,14-15H,5-8,10H2,1-4H3;6,12-13H,7H2,1-5H3;4-5,9,12H,6H2,1-3H3/b;;8-6-;/t16?,17-,18+,19?;;12-,13-;9-,12+/m1.01/s1. The van der Waals surface area contributed by atoms with Crippen molar-refractivity contribution < 1.29 is 78.8 Å². The van der Waals surface area contributed by atoms with Crippen LogP contribution in [0, 0.1) is 136 Å². The molecule has 2 amide bonds. The lowest BCUT2D eigenvalue weighted by Crippen LogP contribution is -2.35. The zero-order valence-corrected chi connectivity index (χ0v) is 66.6. The minimum atomic E-state index is -1.35. The molecular formula is C75H79Br4Cl3F6N2O11. The van der Waals surface area contributed by atoms with Gasteiger partial charge in [-0.3, -0.25) is 28.8 Å². The first-order chi connectivity index (χ1) is 46.9. The molecule has 0 N–H and O–H groups in total. The van der Waals surface area contributed by atoms with Crippen LogP contribution in [-0.4, -0.2) is 54.3 Å². The fourth-order valence-electron chi connectivity index (χ4n) is 13.3. The first-order valence-corrected chi connectivity index (χ1v) is 36.8. The molecule has 0 saturated heterocycles. The van der Waals surface area contributed by atoms with Gasteiger partial charge >= 0.3 is 23.9 Å². The number of nitrogens with zero attached hydrogens (tertiary/aromatic N) is 2. The maximum Gasteiger partial charge on any atom is 0.311 e. The molecule has 0 spiro atoms. The number of imide groups is 1. The normalized spacial score (nSPS) is 23.4. The number of ether oxygens (including phenoxy) is 5. The summed E-state index contributed by atoms with van der Waals surface area (Å²) in [4.78, 5) is 75.3. The van der Waals surface area contributed by atoms with Crippen molar-refractivity contribution in [3.63, 3.8) is 0 Å². The number of alkyl halides is 4. The Morgan fingerprint density at radius 1 is 0.614 bits per heavy atom. The Bertz CT molecular complexity index is 3980. The van der Waals surface area contributed by atoms with Gasteiger partial charge in [0.15, 0.2) is 30.0 Å². The first-order valence-electron chi connectivity index (χ1n) is 32.4. The predicted molar refractivity (Wildman–Crippen MR) is 386 cm³/mol. The van der Waals surface area contributed by atoms with E-state index >= 15 is 0 Å². The average Bonchev–Trinajstić information content (AvgIpc) is 1.57. The van der Waals surface area contributed by atoms with Crippen LogP contribution in [0.2, 0.25) is 0 Å². The van der Waals surface area contributed by atoms with Gasteiger partial charge in [0, 0.05) is 21.7 Å². The van der Waals surface area contributed by atoms with Crippen LogP contribution in [0.15, 0.2) is 105 Å². The summed E-state index contributed by atoms with van der Waals surface area (Å²) < 4.78 is 109. The van der Waals surface area contributed by atoms with E-state index in [0.717, 1.165) is 23.8 Å². The molecule has 13 nitrogen and oxygen atoms in total. The van der Waals surface area contributed by atoms with E-state index in [9.17, 15) is 60.4 Å². The minimum Gasteiger partial charge on any atom is -0.460 e. The lowest BCUT2D eigenvalue weighted by molar-refractivity contribution is -0.157. The van der Waals surface area contributed by atoms with Crippen molar-refractivity contribution in [2.75, 3.05) is 6.73 Å². The molecule has 546 valence electrons. The third-order valence-corrected chi connectivity index (χ3v) is 24.9. The maximum absolute atomic E-state index is 14.1. The van der Waals surface area contributed by atoms with Crippen LogP contribution >= 0.6 is 98.5 Å². The van der Waals surface area contributed by atoms with Crippen molar-refractivity contribution in [3.05, 3.63) is 173 Å². The molecular weight excluding hydrogens is 1640 g/mol. The molecule has 4 fully saturated rings. The molecule has 10 atom stereocenters. The first kappa shape index (κ1) is 82.8. The van der Waals surface area contributed by atoms with Gasteiger partial charge in [0.05, 0.1) is 39.6 Å². The van der Waals surface area contributed by atoms with Gasteiger partial charge in [-0.1, -0.05) is 202 Å². The topological polar surface area (TPSA) is 176 Å². The number of carbonyl (C=O) groups is 6. The second kappa shape index (κ2) is 32.9. The van der Waals surface area contributed by atoms with Gasteiger partial charge in [-0.05, 0) is 166 Å². The Morgan fingerprint density at radius 3 is 1.57 bits per heavy atom. The van der Waals surface area contributed by atoms with Gasteiger partial charge in [-0.25, -0.2) is 31.2 Å². The molecule has 0 bridgehead atoms. The highest BCUT2D eigenvalue weighted by atomic mass is 80.0. The van der Waals surface area contributed by atoms with Crippen molar-refractivity contribution in [2.45, 2.75) is 149 Å². The van der Waals surface area contributed by atoms with E-state index in [4.69, 9.17) is 58.5 Å². The summed E-state index contributed by atoms with van der Waals surface area (Å²) in [6, 6.07) is 19.2. The molecule has 5 aliphatic carbocycles. The number of esters is 4. The van der Waals surface area contributed by atoms with E-state index < -0.39 is 96.7 Å². The smallest absolute Gasteiger partial charge is 0.311 e. The number of halogens is 13. The van der Waals surface area contributed by atoms with E-state index in [-0.39, 0.29) is 108 Å². The van der Waals surface area contributed by atoms with Crippen molar-refractivity contribution in [3.8, 4) is 17.6 Å². The Morgan fingerprint density at radius 2 is 1.09 bits per heavy atom. The Balaban J connectivity index is 0.000000190. The van der Waals surface area contributed by atoms with Gasteiger partial charge in [-0.2, -0.15) is 5.26 Å². The second-order valence-electron chi connectivity index (χ2n) is 28.6. The van der Waals surface area contributed by atoms with Crippen LogP contribution in [0.1, 0.15) is 141 Å². The Kier molecular flexibility index (Phi) is 27.0. The highest BCUT2D eigenvalue weighted by molar-refractivity contribution is 9.40. The summed E-state index contributed by atoms with van der Waals surface area (Å²) in [5.41, 5.74) is 0.528. The summed E-state index contributed by atoms with van der Waals surface area (Å²) in [5, 5.41) is 10.2. The molecule has 10 rings (SSSR count). The van der Waals surface area contributed by atoms with Crippen LogP contribution in [0.5, 0.6) is 11.5 Å². The Hall–Kier alpha value is -5.48. The maximum atomic E-state index is 14.1. The highest BCUT2D eigenvalue weighted by Crippen LogP contribution is 2.67. The van der Waals surface area contributed by atoms with Crippen molar-refractivity contribution >= 4 is 134 Å². The van der Waals surface area contributed by atoms with Gasteiger partial charge in [0.1, 0.15) is 49.1 Å². The third-order valence-electron chi connectivity index (χ3n) is 19.9. The highest BCUT2D eigenvalue weighted by Gasteiger charge is 2.68. The number of nitriles is 1. The summed E-state index contributed by atoms with van der Waals surface area (Å²) in [7, 11) is 0. The number of carbonyl (C=O) groups excluding carboxylic acids is 6. The third kappa shape index (κ3) is 19.0. The number of hydrogen-bond donors (Lipinski definition) is 0. The number of para-hydroxylation sites is 1. The number of aryl methyl sites for hydroxylation is 1. The monoisotopic (exact) mass is 1720 g/mol. The molecule has 4 aromatic rings. The fraction of sp³-hybridized carbons (Fsp3) is 0.480. The van der Waals surface area contributed by atoms with E-state index in [1.165, 1.54) is 32.4 Å². The molecule has 1 heterocycles. The number of hydrogen-bond acceptors (Lipinski definition) is 12. The molecule has 1 aliphatic heterocycles. The van der Waals surface area contributed by atoms with Gasteiger partial charge in [0.25, 0.3) is 11.8 Å². The van der Waals surface area contributed by atoms with E-state index in [2.05, 4.69) is 75.9 Å². The Labute approximate surface area is 634 Å². The lowest BCUT2D eigenvalue weighted by Gasteiger charge is -2.21. The fourth-order valence-corrected chi connectivity index (χ4v) is 15.5. The lowest BCUT2D eigenvalue weighted by atomic mass is 9.93. The molecule has 4 unspecified atom stereocenters. The molecule has 4 aromatic carbocycles. The minimum absolute atomic E-state index is 0.00488. The number of benzene rings is 4.